The van der Waals surface area contributed by atoms with Gasteiger partial charge >= 0.3 is 0 Å². The molecule has 3 nitrogen and oxygen atoms in total. The fraction of sp³-hybridized carbons (Fsp3) is 0.462. The number of hydrogen-bond acceptors (Lipinski definition) is 2. The van der Waals surface area contributed by atoms with Gasteiger partial charge in [-0.15, -0.1) is 0 Å². The lowest BCUT2D eigenvalue weighted by Gasteiger charge is -2.22. The highest BCUT2D eigenvalue weighted by molar-refractivity contribution is 5.97. The summed E-state index contributed by atoms with van der Waals surface area (Å²) in [4.78, 5) is 13.9. The molecule has 16 heavy (non-hydrogen) atoms. The van der Waals surface area contributed by atoms with E-state index in [-0.39, 0.29) is 11.8 Å². The van der Waals surface area contributed by atoms with Gasteiger partial charge in [0.15, 0.2) is 0 Å². The number of anilines is 2. The number of para-hydroxylation sites is 2. The number of carbonyl (C=O) groups excluding carboxylic acids is 1. The van der Waals surface area contributed by atoms with Gasteiger partial charge in [-0.2, -0.15) is 0 Å². The minimum absolute atomic E-state index is 0.199. The summed E-state index contributed by atoms with van der Waals surface area (Å²) in [6.45, 7) is 0. The molecule has 0 saturated heterocycles. The van der Waals surface area contributed by atoms with Crippen molar-refractivity contribution in [3.8, 4) is 0 Å². The molecular formula is C13H18N2O. The van der Waals surface area contributed by atoms with E-state index in [1.165, 1.54) is 12.8 Å². The number of rotatable bonds is 2. The average Bonchev–Trinajstić information content (AvgIpc) is 2.81. The van der Waals surface area contributed by atoms with Crippen LogP contribution in [0.1, 0.15) is 25.7 Å². The van der Waals surface area contributed by atoms with Crippen molar-refractivity contribution in [2.45, 2.75) is 25.7 Å². The summed E-state index contributed by atoms with van der Waals surface area (Å²) < 4.78 is 0. The zero-order valence-electron chi connectivity index (χ0n) is 9.65. The van der Waals surface area contributed by atoms with Crippen LogP contribution in [0.4, 0.5) is 11.4 Å². The lowest BCUT2D eigenvalue weighted by atomic mass is 10.1. The van der Waals surface area contributed by atoms with E-state index in [0.717, 1.165) is 18.5 Å². The smallest absolute Gasteiger partial charge is 0.229 e. The van der Waals surface area contributed by atoms with Crippen LogP contribution in [0.3, 0.4) is 0 Å². The third-order valence-electron chi connectivity index (χ3n) is 3.33. The van der Waals surface area contributed by atoms with Crippen molar-refractivity contribution in [1.82, 2.24) is 0 Å². The van der Waals surface area contributed by atoms with E-state index in [1.54, 1.807) is 4.90 Å². The zero-order valence-corrected chi connectivity index (χ0v) is 9.65. The van der Waals surface area contributed by atoms with Gasteiger partial charge in [-0.1, -0.05) is 25.0 Å². The van der Waals surface area contributed by atoms with E-state index in [2.05, 4.69) is 0 Å². The fourth-order valence-corrected chi connectivity index (χ4v) is 2.36. The molecule has 0 atom stereocenters. The predicted molar refractivity (Wildman–Crippen MR) is 66.2 cm³/mol. The molecule has 1 aromatic rings. The van der Waals surface area contributed by atoms with Crippen molar-refractivity contribution < 1.29 is 4.79 Å². The molecule has 0 heterocycles. The molecular weight excluding hydrogens is 200 g/mol. The van der Waals surface area contributed by atoms with Crippen molar-refractivity contribution in [2.24, 2.45) is 5.92 Å². The van der Waals surface area contributed by atoms with Gasteiger partial charge in [-0.05, 0) is 25.0 Å². The monoisotopic (exact) mass is 218 g/mol. The molecule has 1 fully saturated rings. The number of nitrogens with two attached hydrogens (primary N) is 1. The highest BCUT2D eigenvalue weighted by Crippen LogP contribution is 2.29. The summed E-state index contributed by atoms with van der Waals surface area (Å²) in [6, 6.07) is 7.51. The van der Waals surface area contributed by atoms with Crippen LogP contribution in [0.15, 0.2) is 24.3 Å². The van der Waals surface area contributed by atoms with Gasteiger partial charge in [0.25, 0.3) is 0 Å². The summed E-state index contributed by atoms with van der Waals surface area (Å²) in [5.41, 5.74) is 7.35. The maximum absolute atomic E-state index is 12.2. The van der Waals surface area contributed by atoms with E-state index < -0.39 is 0 Å². The summed E-state index contributed by atoms with van der Waals surface area (Å²) in [5, 5.41) is 0. The van der Waals surface area contributed by atoms with Crippen LogP contribution in [-0.4, -0.2) is 13.0 Å². The second-order valence-electron chi connectivity index (χ2n) is 4.44. The van der Waals surface area contributed by atoms with Gasteiger partial charge < -0.3 is 10.6 Å². The Bertz CT molecular complexity index is 383. The number of carbonyl (C=O) groups is 1. The third kappa shape index (κ3) is 2.03. The highest BCUT2D eigenvalue weighted by atomic mass is 16.2. The van der Waals surface area contributed by atoms with Crippen LogP contribution in [0.25, 0.3) is 0 Å². The number of nitrogen functional groups attached to an aromatic ring is 1. The molecule has 3 heteroatoms. The number of amides is 1. The fourth-order valence-electron chi connectivity index (χ4n) is 2.36. The molecule has 86 valence electrons. The molecule has 0 aliphatic heterocycles. The summed E-state index contributed by atoms with van der Waals surface area (Å²) in [7, 11) is 1.81. The molecule has 0 spiro atoms. The lowest BCUT2D eigenvalue weighted by molar-refractivity contribution is -0.121. The summed E-state index contributed by atoms with van der Waals surface area (Å²) in [5.74, 6) is 0.403. The Balaban J connectivity index is 2.15. The average molecular weight is 218 g/mol. The number of benzene rings is 1. The Labute approximate surface area is 96.2 Å². The maximum Gasteiger partial charge on any atom is 0.229 e. The predicted octanol–water partition coefficient (Wildman–Crippen LogP) is 2.42. The SMILES string of the molecule is CN(C(=O)C1CCCC1)c1ccccc1N. The van der Waals surface area contributed by atoms with Crippen LogP contribution < -0.4 is 10.6 Å². The molecule has 1 aliphatic carbocycles. The molecule has 1 amide bonds. The van der Waals surface area contributed by atoms with Crippen LogP contribution in [0, 0.1) is 5.92 Å². The van der Waals surface area contributed by atoms with Crippen molar-refractivity contribution in [3.63, 3.8) is 0 Å². The Hall–Kier alpha value is -1.51. The Morgan fingerprint density at radius 1 is 1.31 bits per heavy atom. The Morgan fingerprint density at radius 2 is 1.94 bits per heavy atom. The van der Waals surface area contributed by atoms with Crippen molar-refractivity contribution >= 4 is 17.3 Å². The van der Waals surface area contributed by atoms with Gasteiger partial charge in [0.1, 0.15) is 0 Å². The van der Waals surface area contributed by atoms with Gasteiger partial charge in [-0.25, -0.2) is 0 Å². The molecule has 1 saturated carbocycles. The molecule has 2 rings (SSSR count). The number of hydrogen-bond donors (Lipinski definition) is 1. The van der Waals surface area contributed by atoms with Gasteiger partial charge in [0, 0.05) is 13.0 Å². The topological polar surface area (TPSA) is 46.3 Å². The largest absolute Gasteiger partial charge is 0.397 e. The normalized spacial score (nSPS) is 16.3. The van der Waals surface area contributed by atoms with Gasteiger partial charge in [0.05, 0.1) is 11.4 Å². The molecule has 0 unspecified atom stereocenters. The van der Waals surface area contributed by atoms with E-state index in [1.807, 2.05) is 31.3 Å². The zero-order chi connectivity index (χ0) is 11.5. The standard InChI is InChI=1S/C13H18N2O/c1-15(12-9-5-4-8-11(12)14)13(16)10-6-2-3-7-10/h4-5,8-10H,2-3,6-7,14H2,1H3. The summed E-state index contributed by atoms with van der Waals surface area (Å²) >= 11 is 0. The Kier molecular flexibility index (Phi) is 3.13. The first-order chi connectivity index (χ1) is 7.70. The molecule has 2 N–H and O–H groups in total. The van der Waals surface area contributed by atoms with E-state index >= 15 is 0 Å². The van der Waals surface area contributed by atoms with E-state index in [4.69, 9.17) is 5.73 Å². The molecule has 0 bridgehead atoms. The Morgan fingerprint density at radius 3 is 2.56 bits per heavy atom. The summed E-state index contributed by atoms with van der Waals surface area (Å²) in [6.07, 6.45) is 4.40. The lowest BCUT2D eigenvalue weighted by Crippen LogP contribution is -2.32. The van der Waals surface area contributed by atoms with Crippen molar-refractivity contribution in [1.29, 1.82) is 0 Å². The highest BCUT2D eigenvalue weighted by Gasteiger charge is 2.26. The molecule has 0 radical (unpaired) electrons. The van der Waals surface area contributed by atoms with Crippen molar-refractivity contribution in [3.05, 3.63) is 24.3 Å². The molecule has 1 aliphatic rings. The first-order valence-corrected chi connectivity index (χ1v) is 5.82. The first-order valence-electron chi connectivity index (χ1n) is 5.82. The second kappa shape index (κ2) is 4.56. The van der Waals surface area contributed by atoms with Crippen molar-refractivity contribution in [2.75, 3.05) is 17.7 Å². The van der Waals surface area contributed by atoms with E-state index in [9.17, 15) is 4.79 Å². The van der Waals surface area contributed by atoms with Crippen LogP contribution in [0.2, 0.25) is 0 Å². The van der Waals surface area contributed by atoms with E-state index in [0.29, 0.717) is 5.69 Å². The third-order valence-corrected chi connectivity index (χ3v) is 3.33. The van der Waals surface area contributed by atoms with Gasteiger partial charge in [0.2, 0.25) is 5.91 Å². The number of nitrogens with zero attached hydrogens (tertiary/aromatic N) is 1. The van der Waals surface area contributed by atoms with Crippen LogP contribution in [-0.2, 0) is 4.79 Å². The van der Waals surface area contributed by atoms with Crippen LogP contribution in [0.5, 0.6) is 0 Å². The van der Waals surface area contributed by atoms with Gasteiger partial charge in [-0.3, -0.25) is 4.79 Å². The van der Waals surface area contributed by atoms with Crippen LogP contribution >= 0.6 is 0 Å². The molecule has 0 aromatic heterocycles. The minimum Gasteiger partial charge on any atom is -0.397 e. The quantitative estimate of drug-likeness (QED) is 0.775. The minimum atomic E-state index is 0.199. The maximum atomic E-state index is 12.2. The molecule has 1 aromatic carbocycles. The second-order valence-corrected chi connectivity index (χ2v) is 4.44. The first kappa shape index (κ1) is 11.0.